The molecule has 0 spiro atoms. The largest absolute Gasteiger partial charge is 0.322 e. The maximum absolute atomic E-state index is 4.34. The standard InChI is InChI=1S/C9H8N4S3/c14-5-1-6(15)8(7(16)2-5)13-9-11-3-10-4-12-9/h1-4,14-16H,(H,10,11,12,13). The molecule has 7 heteroatoms. The maximum Gasteiger partial charge on any atom is 0.230 e. The minimum Gasteiger partial charge on any atom is -0.322 e. The number of aromatic nitrogens is 3. The van der Waals surface area contributed by atoms with Crippen LogP contribution in [-0.4, -0.2) is 15.0 Å². The first-order valence-electron chi connectivity index (χ1n) is 4.31. The van der Waals surface area contributed by atoms with Crippen molar-refractivity contribution in [2.75, 3.05) is 5.32 Å². The number of nitrogens with zero attached hydrogens (tertiary/aromatic N) is 3. The van der Waals surface area contributed by atoms with E-state index in [9.17, 15) is 0 Å². The number of rotatable bonds is 2. The van der Waals surface area contributed by atoms with Gasteiger partial charge in [0.25, 0.3) is 0 Å². The van der Waals surface area contributed by atoms with Crippen LogP contribution in [0.3, 0.4) is 0 Å². The highest BCUT2D eigenvalue weighted by Crippen LogP contribution is 2.31. The number of thiol groups is 3. The average molecular weight is 268 g/mol. The topological polar surface area (TPSA) is 50.7 Å². The summed E-state index contributed by atoms with van der Waals surface area (Å²) in [5, 5.41) is 3.02. The lowest BCUT2D eigenvalue weighted by atomic mass is 10.3. The molecule has 16 heavy (non-hydrogen) atoms. The molecule has 0 fully saturated rings. The average Bonchev–Trinajstić information content (AvgIpc) is 2.25. The Balaban J connectivity index is 2.35. The second kappa shape index (κ2) is 4.94. The molecule has 0 atom stereocenters. The molecular formula is C9H8N4S3. The van der Waals surface area contributed by atoms with Gasteiger partial charge in [-0.05, 0) is 12.1 Å². The van der Waals surface area contributed by atoms with Gasteiger partial charge in [0.15, 0.2) is 0 Å². The lowest BCUT2D eigenvalue weighted by molar-refractivity contribution is 1.04. The monoisotopic (exact) mass is 268 g/mol. The molecule has 0 aliphatic carbocycles. The van der Waals surface area contributed by atoms with Crippen molar-refractivity contribution in [2.45, 2.75) is 14.7 Å². The summed E-state index contributed by atoms with van der Waals surface area (Å²) >= 11 is 12.9. The van der Waals surface area contributed by atoms with Crippen LogP contribution in [-0.2, 0) is 0 Å². The van der Waals surface area contributed by atoms with Crippen LogP contribution in [0.1, 0.15) is 0 Å². The zero-order valence-electron chi connectivity index (χ0n) is 7.99. The SMILES string of the molecule is Sc1cc(S)c(Nc2ncncn2)c(S)c1. The van der Waals surface area contributed by atoms with Gasteiger partial charge in [0.05, 0.1) is 5.69 Å². The van der Waals surface area contributed by atoms with Crippen molar-refractivity contribution in [2.24, 2.45) is 0 Å². The summed E-state index contributed by atoms with van der Waals surface area (Å²) < 4.78 is 0. The highest BCUT2D eigenvalue weighted by atomic mass is 32.1. The third-order valence-electron chi connectivity index (χ3n) is 1.81. The van der Waals surface area contributed by atoms with Crippen LogP contribution in [0.4, 0.5) is 11.6 Å². The molecule has 0 saturated heterocycles. The third-order valence-corrected chi connectivity index (χ3v) is 2.78. The van der Waals surface area contributed by atoms with E-state index in [2.05, 4.69) is 58.2 Å². The number of hydrogen-bond donors (Lipinski definition) is 4. The molecule has 1 aromatic heterocycles. The van der Waals surface area contributed by atoms with E-state index in [1.54, 1.807) is 0 Å². The maximum atomic E-state index is 4.34. The summed E-state index contributed by atoms with van der Waals surface area (Å²) in [6.07, 6.45) is 2.83. The van der Waals surface area contributed by atoms with E-state index in [1.165, 1.54) is 12.7 Å². The van der Waals surface area contributed by atoms with Crippen LogP contribution < -0.4 is 5.32 Å². The Hall–Kier alpha value is -0.920. The fourth-order valence-electron chi connectivity index (χ4n) is 1.14. The molecule has 0 amide bonds. The van der Waals surface area contributed by atoms with E-state index >= 15 is 0 Å². The molecule has 0 unspecified atom stereocenters. The summed E-state index contributed by atoms with van der Waals surface area (Å²) in [5.74, 6) is 0.451. The third kappa shape index (κ3) is 2.60. The lowest BCUT2D eigenvalue weighted by Gasteiger charge is -2.10. The van der Waals surface area contributed by atoms with Crippen molar-refractivity contribution in [1.29, 1.82) is 0 Å². The second-order valence-corrected chi connectivity index (χ2v) is 4.43. The van der Waals surface area contributed by atoms with E-state index < -0.39 is 0 Å². The molecule has 0 bridgehead atoms. The Morgan fingerprint density at radius 2 is 1.50 bits per heavy atom. The van der Waals surface area contributed by atoms with E-state index in [0.717, 1.165) is 20.4 Å². The van der Waals surface area contributed by atoms with Crippen molar-refractivity contribution in [1.82, 2.24) is 15.0 Å². The van der Waals surface area contributed by atoms with Crippen LogP contribution in [0.15, 0.2) is 39.5 Å². The van der Waals surface area contributed by atoms with Crippen LogP contribution in [0.2, 0.25) is 0 Å². The summed E-state index contributed by atoms with van der Waals surface area (Å²) in [5.41, 5.74) is 0.746. The Morgan fingerprint density at radius 1 is 0.938 bits per heavy atom. The van der Waals surface area contributed by atoms with Gasteiger partial charge in [-0.2, -0.15) is 0 Å². The van der Waals surface area contributed by atoms with Gasteiger partial charge in [-0.1, -0.05) is 0 Å². The molecule has 82 valence electrons. The van der Waals surface area contributed by atoms with E-state index in [-0.39, 0.29) is 0 Å². The fraction of sp³-hybridized carbons (Fsp3) is 0. The quantitative estimate of drug-likeness (QED) is 0.632. The summed E-state index contributed by atoms with van der Waals surface area (Å²) in [6, 6.07) is 3.63. The minimum atomic E-state index is 0.451. The van der Waals surface area contributed by atoms with Crippen molar-refractivity contribution < 1.29 is 0 Å². The second-order valence-electron chi connectivity index (χ2n) is 2.95. The molecule has 2 aromatic rings. The summed E-state index contributed by atoms with van der Waals surface area (Å²) in [4.78, 5) is 13.9. The zero-order chi connectivity index (χ0) is 11.5. The van der Waals surface area contributed by atoms with Crippen LogP contribution in [0, 0.1) is 0 Å². The lowest BCUT2D eigenvalue weighted by Crippen LogP contribution is -1.98. The predicted molar refractivity (Wildman–Crippen MR) is 71.3 cm³/mol. The highest BCUT2D eigenvalue weighted by Gasteiger charge is 2.06. The van der Waals surface area contributed by atoms with Gasteiger partial charge in [-0.3, -0.25) is 0 Å². The number of hydrogen-bond acceptors (Lipinski definition) is 7. The van der Waals surface area contributed by atoms with Crippen LogP contribution in [0.25, 0.3) is 0 Å². The molecule has 1 aromatic carbocycles. The molecular weight excluding hydrogens is 260 g/mol. The van der Waals surface area contributed by atoms with Crippen molar-refractivity contribution >= 4 is 49.5 Å². The summed E-state index contributed by atoms with van der Waals surface area (Å²) in [6.45, 7) is 0. The fourth-order valence-corrected chi connectivity index (χ4v) is 2.32. The van der Waals surface area contributed by atoms with E-state index in [4.69, 9.17) is 0 Å². The number of anilines is 2. The van der Waals surface area contributed by atoms with Gasteiger partial charge in [0, 0.05) is 14.7 Å². The van der Waals surface area contributed by atoms with Gasteiger partial charge in [-0.15, -0.1) is 37.9 Å². The first kappa shape index (κ1) is 11.6. The van der Waals surface area contributed by atoms with Crippen molar-refractivity contribution in [3.63, 3.8) is 0 Å². The van der Waals surface area contributed by atoms with Crippen molar-refractivity contribution in [3.05, 3.63) is 24.8 Å². The normalized spacial score (nSPS) is 10.2. The van der Waals surface area contributed by atoms with Gasteiger partial charge in [0.2, 0.25) is 5.95 Å². The molecule has 2 rings (SSSR count). The molecule has 1 N–H and O–H groups in total. The van der Waals surface area contributed by atoms with Crippen LogP contribution >= 0.6 is 37.9 Å². The molecule has 0 aliphatic heterocycles. The molecule has 1 heterocycles. The zero-order valence-corrected chi connectivity index (χ0v) is 10.7. The Kier molecular flexibility index (Phi) is 3.57. The van der Waals surface area contributed by atoms with Gasteiger partial charge < -0.3 is 5.32 Å². The Morgan fingerprint density at radius 3 is 2.06 bits per heavy atom. The first-order chi connectivity index (χ1) is 7.66. The smallest absolute Gasteiger partial charge is 0.230 e. The van der Waals surface area contributed by atoms with Gasteiger partial charge in [0.1, 0.15) is 12.7 Å². The number of benzene rings is 1. The Labute approximate surface area is 109 Å². The van der Waals surface area contributed by atoms with Gasteiger partial charge in [-0.25, -0.2) is 15.0 Å². The van der Waals surface area contributed by atoms with Crippen LogP contribution in [0.5, 0.6) is 0 Å². The van der Waals surface area contributed by atoms with E-state index in [1.807, 2.05) is 12.1 Å². The minimum absolute atomic E-state index is 0.451. The highest BCUT2D eigenvalue weighted by molar-refractivity contribution is 7.82. The molecule has 4 nitrogen and oxygen atoms in total. The summed E-state index contributed by atoms with van der Waals surface area (Å²) in [7, 11) is 0. The van der Waals surface area contributed by atoms with Crippen molar-refractivity contribution in [3.8, 4) is 0 Å². The van der Waals surface area contributed by atoms with Gasteiger partial charge >= 0.3 is 0 Å². The predicted octanol–water partition coefficient (Wildman–Crippen LogP) is 2.48. The number of nitrogens with one attached hydrogen (secondary N) is 1. The Bertz CT molecular complexity index is 480. The molecule has 0 saturated carbocycles. The first-order valence-corrected chi connectivity index (χ1v) is 5.65. The molecule has 0 aliphatic rings. The molecule has 0 radical (unpaired) electrons. The van der Waals surface area contributed by atoms with E-state index in [0.29, 0.717) is 5.95 Å².